The summed E-state index contributed by atoms with van der Waals surface area (Å²) < 4.78 is 4.92. The van der Waals surface area contributed by atoms with Gasteiger partial charge in [-0.25, -0.2) is 0 Å². The molecule has 1 amide bonds. The lowest BCUT2D eigenvalue weighted by atomic mass is 10.1. The molecule has 0 N–H and O–H groups in total. The molecule has 0 spiro atoms. The fourth-order valence-corrected chi connectivity index (χ4v) is 1.49. The van der Waals surface area contributed by atoms with Gasteiger partial charge >= 0.3 is 0 Å². The van der Waals surface area contributed by atoms with E-state index in [-0.39, 0.29) is 5.91 Å². The Morgan fingerprint density at radius 1 is 1.42 bits per heavy atom. The number of nitrogens with zero attached hydrogens (tertiary/aromatic N) is 1. The second-order valence-corrected chi connectivity index (χ2v) is 2.98. The molecule has 3 heteroatoms. The first-order chi connectivity index (χ1) is 5.88. The van der Waals surface area contributed by atoms with Crippen molar-refractivity contribution in [3.63, 3.8) is 0 Å². The SMILES string of the molecule is O=C1CCCCN1c1ccoc1. The second kappa shape index (κ2) is 3.01. The quantitative estimate of drug-likeness (QED) is 0.635. The van der Waals surface area contributed by atoms with E-state index in [1.165, 1.54) is 0 Å². The Bertz CT molecular complexity index is 266. The minimum atomic E-state index is 0.211. The van der Waals surface area contributed by atoms with Crippen molar-refractivity contribution in [3.05, 3.63) is 18.6 Å². The van der Waals surface area contributed by atoms with Crippen LogP contribution in [-0.2, 0) is 4.79 Å². The van der Waals surface area contributed by atoms with Crippen molar-refractivity contribution in [2.75, 3.05) is 11.4 Å². The third-order valence-corrected chi connectivity index (χ3v) is 2.14. The molecule has 0 radical (unpaired) electrons. The van der Waals surface area contributed by atoms with E-state index in [2.05, 4.69) is 0 Å². The van der Waals surface area contributed by atoms with Crippen molar-refractivity contribution in [2.45, 2.75) is 19.3 Å². The maximum atomic E-state index is 11.4. The Hall–Kier alpha value is -1.25. The van der Waals surface area contributed by atoms with Crippen molar-refractivity contribution in [3.8, 4) is 0 Å². The summed E-state index contributed by atoms with van der Waals surface area (Å²) in [6, 6.07) is 1.82. The van der Waals surface area contributed by atoms with Gasteiger partial charge in [0.05, 0.1) is 12.0 Å². The average Bonchev–Trinajstić information content (AvgIpc) is 2.57. The molecule has 0 atom stereocenters. The molecule has 0 aliphatic carbocycles. The highest BCUT2D eigenvalue weighted by molar-refractivity contribution is 5.93. The molecule has 1 aliphatic rings. The molecule has 1 aromatic rings. The van der Waals surface area contributed by atoms with Gasteiger partial charge in [0, 0.05) is 19.0 Å². The zero-order valence-corrected chi connectivity index (χ0v) is 6.82. The maximum absolute atomic E-state index is 11.4. The lowest BCUT2D eigenvalue weighted by Gasteiger charge is -2.24. The predicted molar refractivity (Wildman–Crippen MR) is 44.9 cm³/mol. The van der Waals surface area contributed by atoms with E-state index in [4.69, 9.17) is 4.42 Å². The summed E-state index contributed by atoms with van der Waals surface area (Å²) >= 11 is 0. The van der Waals surface area contributed by atoms with E-state index >= 15 is 0 Å². The fraction of sp³-hybridized carbons (Fsp3) is 0.444. The van der Waals surface area contributed by atoms with Crippen LogP contribution in [-0.4, -0.2) is 12.5 Å². The highest BCUT2D eigenvalue weighted by atomic mass is 16.3. The summed E-state index contributed by atoms with van der Waals surface area (Å²) in [5.41, 5.74) is 0.889. The summed E-state index contributed by atoms with van der Waals surface area (Å²) in [4.78, 5) is 13.2. The fourth-order valence-electron chi connectivity index (χ4n) is 1.49. The van der Waals surface area contributed by atoms with Crippen molar-refractivity contribution in [1.82, 2.24) is 0 Å². The molecular formula is C9H11NO2. The third kappa shape index (κ3) is 1.22. The van der Waals surface area contributed by atoms with E-state index in [9.17, 15) is 4.79 Å². The molecule has 2 heterocycles. The Morgan fingerprint density at radius 2 is 2.33 bits per heavy atom. The van der Waals surface area contributed by atoms with Crippen LogP contribution in [0.25, 0.3) is 0 Å². The van der Waals surface area contributed by atoms with Gasteiger partial charge in [-0.05, 0) is 12.8 Å². The first-order valence-electron chi connectivity index (χ1n) is 4.20. The number of hydrogen-bond donors (Lipinski definition) is 0. The smallest absolute Gasteiger partial charge is 0.227 e. The van der Waals surface area contributed by atoms with Crippen LogP contribution in [0.4, 0.5) is 5.69 Å². The Labute approximate surface area is 71.0 Å². The number of carbonyl (C=O) groups is 1. The molecule has 1 fully saturated rings. The summed E-state index contributed by atoms with van der Waals surface area (Å²) in [5, 5.41) is 0. The zero-order valence-electron chi connectivity index (χ0n) is 6.82. The molecule has 64 valence electrons. The van der Waals surface area contributed by atoms with Crippen LogP contribution in [0.2, 0.25) is 0 Å². The van der Waals surface area contributed by atoms with Crippen molar-refractivity contribution >= 4 is 11.6 Å². The summed E-state index contributed by atoms with van der Waals surface area (Å²) in [6.45, 7) is 0.832. The monoisotopic (exact) mass is 165 g/mol. The largest absolute Gasteiger partial charge is 0.470 e. The van der Waals surface area contributed by atoms with Gasteiger partial charge in [0.25, 0.3) is 0 Å². The minimum absolute atomic E-state index is 0.211. The lowest BCUT2D eigenvalue weighted by Crippen LogP contribution is -2.34. The maximum Gasteiger partial charge on any atom is 0.227 e. The van der Waals surface area contributed by atoms with Crippen LogP contribution < -0.4 is 4.90 Å². The van der Waals surface area contributed by atoms with Gasteiger partial charge in [0.2, 0.25) is 5.91 Å². The predicted octanol–water partition coefficient (Wildman–Crippen LogP) is 1.80. The highest BCUT2D eigenvalue weighted by Crippen LogP contribution is 2.20. The number of hydrogen-bond acceptors (Lipinski definition) is 2. The zero-order chi connectivity index (χ0) is 8.39. The van der Waals surface area contributed by atoms with E-state index in [0.29, 0.717) is 6.42 Å². The molecule has 12 heavy (non-hydrogen) atoms. The van der Waals surface area contributed by atoms with Crippen molar-refractivity contribution in [2.24, 2.45) is 0 Å². The van der Waals surface area contributed by atoms with Gasteiger partial charge in [-0.15, -0.1) is 0 Å². The minimum Gasteiger partial charge on any atom is -0.470 e. The molecule has 0 unspecified atom stereocenters. The number of furan rings is 1. The van der Waals surface area contributed by atoms with Gasteiger partial charge in [0.1, 0.15) is 6.26 Å². The first kappa shape index (κ1) is 7.40. The summed E-state index contributed by atoms with van der Waals surface area (Å²) in [6.07, 6.45) is 6.00. The highest BCUT2D eigenvalue weighted by Gasteiger charge is 2.19. The molecule has 0 saturated carbocycles. The number of piperidine rings is 1. The summed E-state index contributed by atoms with van der Waals surface area (Å²) in [7, 11) is 0. The van der Waals surface area contributed by atoms with Gasteiger partial charge in [-0.3, -0.25) is 4.79 Å². The van der Waals surface area contributed by atoms with Gasteiger partial charge < -0.3 is 9.32 Å². The normalized spacial score (nSPS) is 18.3. The number of carbonyl (C=O) groups excluding carboxylic acids is 1. The van der Waals surface area contributed by atoms with E-state index in [0.717, 1.165) is 25.1 Å². The van der Waals surface area contributed by atoms with Gasteiger partial charge in [-0.1, -0.05) is 0 Å². The third-order valence-electron chi connectivity index (χ3n) is 2.14. The number of amides is 1. The van der Waals surface area contributed by atoms with E-state index in [1.54, 1.807) is 17.4 Å². The molecule has 1 aliphatic heterocycles. The lowest BCUT2D eigenvalue weighted by molar-refractivity contribution is -0.119. The van der Waals surface area contributed by atoms with E-state index < -0.39 is 0 Å². The Morgan fingerprint density at radius 3 is 3.00 bits per heavy atom. The van der Waals surface area contributed by atoms with E-state index in [1.807, 2.05) is 6.07 Å². The average molecular weight is 165 g/mol. The van der Waals surface area contributed by atoms with Crippen LogP contribution in [0.15, 0.2) is 23.0 Å². The topological polar surface area (TPSA) is 33.5 Å². The summed E-state index contributed by atoms with van der Waals surface area (Å²) in [5.74, 6) is 0.211. The molecule has 3 nitrogen and oxygen atoms in total. The van der Waals surface area contributed by atoms with Gasteiger partial charge in [-0.2, -0.15) is 0 Å². The molecule has 1 saturated heterocycles. The second-order valence-electron chi connectivity index (χ2n) is 2.98. The van der Waals surface area contributed by atoms with Crippen LogP contribution in [0.1, 0.15) is 19.3 Å². The standard InChI is InChI=1S/C9H11NO2/c11-9-3-1-2-5-10(9)8-4-6-12-7-8/h4,6-7H,1-3,5H2. The number of anilines is 1. The molecule has 1 aromatic heterocycles. The van der Waals surface area contributed by atoms with Crippen molar-refractivity contribution < 1.29 is 9.21 Å². The first-order valence-corrected chi connectivity index (χ1v) is 4.20. The molecular weight excluding hydrogens is 154 g/mol. The molecule has 0 bridgehead atoms. The Balaban J connectivity index is 2.17. The van der Waals surface area contributed by atoms with Crippen LogP contribution >= 0.6 is 0 Å². The molecule has 2 rings (SSSR count). The van der Waals surface area contributed by atoms with Crippen molar-refractivity contribution in [1.29, 1.82) is 0 Å². The number of rotatable bonds is 1. The molecule has 0 aromatic carbocycles. The van der Waals surface area contributed by atoms with Gasteiger partial charge in [0.15, 0.2) is 0 Å². The van der Waals surface area contributed by atoms with Crippen LogP contribution in [0, 0.1) is 0 Å². The Kier molecular flexibility index (Phi) is 1.86. The van der Waals surface area contributed by atoms with Crippen LogP contribution in [0.3, 0.4) is 0 Å². The van der Waals surface area contributed by atoms with Crippen LogP contribution in [0.5, 0.6) is 0 Å².